The van der Waals surface area contributed by atoms with Crippen molar-refractivity contribution in [2.75, 3.05) is 12.0 Å². The Bertz CT molecular complexity index is 1470. The van der Waals surface area contributed by atoms with Crippen LogP contribution in [0.3, 0.4) is 0 Å². The number of pyridine rings is 1. The summed E-state index contributed by atoms with van der Waals surface area (Å²) in [6.45, 7) is 3.95. The quantitative estimate of drug-likeness (QED) is 0.592. The molecule has 0 saturated carbocycles. The maximum atomic E-state index is 14.5. The lowest BCUT2D eigenvalue weighted by molar-refractivity contribution is -0.147. The molecular weight excluding hydrogens is 446 g/mol. The third-order valence-corrected chi connectivity index (χ3v) is 7.01. The number of amides is 1. The van der Waals surface area contributed by atoms with E-state index >= 15 is 0 Å². The van der Waals surface area contributed by atoms with Gasteiger partial charge in [0.05, 0.1) is 19.2 Å². The van der Waals surface area contributed by atoms with Crippen LogP contribution in [0.2, 0.25) is 0 Å². The molecule has 0 bridgehead atoms. The van der Waals surface area contributed by atoms with Gasteiger partial charge in [-0.2, -0.15) is 0 Å². The van der Waals surface area contributed by atoms with E-state index < -0.39 is 34.7 Å². The van der Waals surface area contributed by atoms with E-state index in [4.69, 9.17) is 14.9 Å². The lowest BCUT2D eigenvalue weighted by atomic mass is 9.64. The maximum absolute atomic E-state index is 14.5. The van der Waals surface area contributed by atoms with Crippen LogP contribution in [0.5, 0.6) is 5.75 Å². The first kappa shape index (κ1) is 22.6. The van der Waals surface area contributed by atoms with Crippen LogP contribution < -0.4 is 15.2 Å². The van der Waals surface area contributed by atoms with Gasteiger partial charge in [0.25, 0.3) is 5.56 Å². The number of hydrogen-bond donors (Lipinski definition) is 1. The number of anilines is 1. The first-order valence-electron chi connectivity index (χ1n) is 11.2. The van der Waals surface area contributed by atoms with Gasteiger partial charge in [0.2, 0.25) is 11.8 Å². The molecule has 2 aliphatic heterocycles. The van der Waals surface area contributed by atoms with Crippen molar-refractivity contribution in [3.05, 3.63) is 92.9 Å². The van der Waals surface area contributed by atoms with Gasteiger partial charge < -0.3 is 18.9 Å². The summed E-state index contributed by atoms with van der Waals surface area (Å²) in [5, 5.41) is 8.64. The molecule has 8 heteroatoms. The summed E-state index contributed by atoms with van der Waals surface area (Å²) in [7, 11) is 2.80. The summed E-state index contributed by atoms with van der Waals surface area (Å²) in [6, 6.07) is 16.5. The van der Waals surface area contributed by atoms with E-state index in [1.165, 1.54) is 11.7 Å². The fourth-order valence-electron chi connectivity index (χ4n) is 5.31. The van der Waals surface area contributed by atoms with E-state index in [2.05, 4.69) is 0 Å². The highest BCUT2D eigenvalue weighted by Gasteiger charge is 2.65. The van der Waals surface area contributed by atoms with E-state index in [1.807, 2.05) is 31.2 Å². The fraction of sp³-hybridized carbons (Fsp3) is 0.259. The number of aryl methyl sites for hydroxylation is 2. The Kier molecular flexibility index (Phi) is 5.12. The number of carbonyl (C=O) groups is 2. The molecule has 2 aliphatic rings. The first-order chi connectivity index (χ1) is 16.7. The number of ether oxygens (including phenoxy) is 2. The molecule has 1 spiro atoms. The monoisotopic (exact) mass is 471 g/mol. The molecule has 1 N–H and O–H groups in total. The van der Waals surface area contributed by atoms with Gasteiger partial charge in [0.15, 0.2) is 5.92 Å². The second-order valence-electron chi connectivity index (χ2n) is 9.02. The predicted octanol–water partition coefficient (Wildman–Crippen LogP) is 2.99. The van der Waals surface area contributed by atoms with Gasteiger partial charge in [0.1, 0.15) is 11.2 Å². The second kappa shape index (κ2) is 7.94. The van der Waals surface area contributed by atoms with Crippen molar-refractivity contribution < 1.29 is 19.1 Å². The number of methoxy groups -OCH3 is 1. The number of fused-ring (bicyclic) bond motifs is 4. The fourth-order valence-corrected chi connectivity index (χ4v) is 5.31. The lowest BCUT2D eigenvalue weighted by Gasteiger charge is -2.39. The minimum atomic E-state index is -1.79. The van der Waals surface area contributed by atoms with Crippen LogP contribution in [0.25, 0.3) is 0 Å². The highest BCUT2D eigenvalue weighted by atomic mass is 16.5. The number of benzene rings is 2. The molecule has 1 aromatic heterocycles. The van der Waals surface area contributed by atoms with Crippen LogP contribution in [-0.4, -0.2) is 29.5 Å². The van der Waals surface area contributed by atoms with Crippen LogP contribution in [0.1, 0.15) is 27.9 Å². The summed E-state index contributed by atoms with van der Waals surface area (Å²) >= 11 is 0. The van der Waals surface area contributed by atoms with Gasteiger partial charge >= 0.3 is 5.97 Å². The average Bonchev–Trinajstić information content (AvgIpc) is 3.06. The molecular formula is C27H25N3O5. The number of carbonyl (C=O) groups excluding carboxylic acids is 2. The van der Waals surface area contributed by atoms with E-state index in [1.54, 1.807) is 49.2 Å². The number of rotatable bonds is 3. The lowest BCUT2D eigenvalue weighted by Crippen LogP contribution is -2.58. The van der Waals surface area contributed by atoms with Crippen molar-refractivity contribution in [3.63, 3.8) is 0 Å². The molecule has 3 heterocycles. The molecule has 2 atom stereocenters. The molecule has 2 unspecified atom stereocenters. The van der Waals surface area contributed by atoms with Crippen molar-refractivity contribution in [3.8, 4) is 5.75 Å². The molecule has 178 valence electrons. The Labute approximate surface area is 202 Å². The molecule has 35 heavy (non-hydrogen) atoms. The summed E-state index contributed by atoms with van der Waals surface area (Å²) < 4.78 is 12.2. The van der Waals surface area contributed by atoms with Gasteiger partial charge in [-0.1, -0.05) is 48.0 Å². The zero-order valence-corrected chi connectivity index (χ0v) is 19.9. The van der Waals surface area contributed by atoms with Crippen LogP contribution in [0.15, 0.2) is 59.4 Å². The van der Waals surface area contributed by atoms with Gasteiger partial charge in [0, 0.05) is 24.5 Å². The Morgan fingerprint density at radius 1 is 1.11 bits per heavy atom. The molecule has 0 fully saturated rings. The maximum Gasteiger partial charge on any atom is 0.319 e. The Morgan fingerprint density at radius 2 is 1.86 bits per heavy atom. The number of para-hydroxylation sites is 1. The predicted molar refractivity (Wildman–Crippen MR) is 130 cm³/mol. The molecule has 1 amide bonds. The average molecular weight is 472 g/mol. The second-order valence-corrected chi connectivity index (χ2v) is 9.02. The van der Waals surface area contributed by atoms with E-state index in [0.717, 1.165) is 11.1 Å². The Balaban J connectivity index is 1.85. The summed E-state index contributed by atoms with van der Waals surface area (Å²) in [4.78, 5) is 43.0. The third kappa shape index (κ3) is 3.06. The highest BCUT2D eigenvalue weighted by Crippen LogP contribution is 2.55. The largest absolute Gasteiger partial charge is 0.468 e. The van der Waals surface area contributed by atoms with Gasteiger partial charge in [-0.3, -0.25) is 19.8 Å². The van der Waals surface area contributed by atoms with E-state index in [0.29, 0.717) is 16.9 Å². The van der Waals surface area contributed by atoms with Gasteiger partial charge in [-0.25, -0.2) is 0 Å². The van der Waals surface area contributed by atoms with E-state index in [9.17, 15) is 14.4 Å². The first-order valence-corrected chi connectivity index (χ1v) is 11.2. The smallest absolute Gasteiger partial charge is 0.319 e. The molecule has 0 radical (unpaired) electrons. The van der Waals surface area contributed by atoms with Crippen molar-refractivity contribution >= 4 is 23.5 Å². The number of nitrogens with one attached hydrogen (secondary N) is 1. The minimum Gasteiger partial charge on any atom is -0.468 e. The van der Waals surface area contributed by atoms with Crippen molar-refractivity contribution in [1.29, 1.82) is 5.41 Å². The Hall–Kier alpha value is -4.20. The summed E-state index contributed by atoms with van der Waals surface area (Å²) in [5.41, 5.74) is 1.40. The van der Waals surface area contributed by atoms with Crippen LogP contribution >= 0.6 is 0 Å². The molecule has 2 aromatic carbocycles. The number of aromatic nitrogens is 1. The molecule has 8 nitrogen and oxygen atoms in total. The van der Waals surface area contributed by atoms with Crippen molar-refractivity contribution in [2.24, 2.45) is 13.0 Å². The third-order valence-electron chi connectivity index (χ3n) is 7.01. The standard InChI is InChI=1S/C27H25N3O5/c1-15-8-7-9-17(12-15)14-30-19-11-6-5-10-18(19)27(26(30)33)21-20(13-16(2)29(3)24(21)31)35-23(28)22(27)25(32)34-4/h5-13,22,28H,14H2,1-4H3. The zero-order valence-electron chi connectivity index (χ0n) is 19.9. The normalized spacial score (nSPS) is 20.5. The topological polar surface area (TPSA) is 102 Å². The SMILES string of the molecule is COC(=O)C1C(=N)Oc2cc(C)n(C)c(=O)c2C12C(=O)N(Cc1cccc(C)c1)c1ccccc12. The molecule has 0 saturated heterocycles. The van der Waals surface area contributed by atoms with Gasteiger partial charge in [-0.05, 0) is 31.0 Å². The summed E-state index contributed by atoms with van der Waals surface area (Å²) in [5.74, 6) is -3.06. The van der Waals surface area contributed by atoms with Crippen molar-refractivity contribution in [2.45, 2.75) is 25.8 Å². The van der Waals surface area contributed by atoms with Crippen molar-refractivity contribution in [1.82, 2.24) is 4.57 Å². The zero-order chi connectivity index (χ0) is 25.1. The highest BCUT2D eigenvalue weighted by molar-refractivity contribution is 6.18. The number of nitrogens with zero attached hydrogens (tertiary/aromatic N) is 2. The summed E-state index contributed by atoms with van der Waals surface area (Å²) in [6.07, 6.45) is 0. The van der Waals surface area contributed by atoms with Gasteiger partial charge in [-0.15, -0.1) is 0 Å². The van der Waals surface area contributed by atoms with Crippen LogP contribution in [-0.2, 0) is 33.3 Å². The Morgan fingerprint density at radius 3 is 2.57 bits per heavy atom. The van der Waals surface area contributed by atoms with Crippen LogP contribution in [0, 0.1) is 25.2 Å². The number of hydrogen-bond acceptors (Lipinski definition) is 6. The molecule has 3 aromatic rings. The minimum absolute atomic E-state index is 0.0428. The molecule has 5 rings (SSSR count). The van der Waals surface area contributed by atoms with Crippen LogP contribution in [0.4, 0.5) is 5.69 Å². The number of esters is 1. The molecule has 0 aliphatic carbocycles. The van der Waals surface area contributed by atoms with E-state index in [-0.39, 0.29) is 17.9 Å².